The number of nitrogens with two attached hydrogens (primary N) is 1. The predicted molar refractivity (Wildman–Crippen MR) is 80.4 cm³/mol. The average Bonchev–Trinajstić information content (AvgIpc) is 2.81. The molecule has 1 fully saturated rings. The highest BCUT2D eigenvalue weighted by Gasteiger charge is 2.28. The number of carbonyl (C=O) groups excluding carboxylic acids is 1. The van der Waals surface area contributed by atoms with Crippen molar-refractivity contribution < 1.29 is 18.3 Å². The molecular weight excluding hydrogens is 304 g/mol. The SMILES string of the molecule is C[C@@H]1CN(Cc2cnc(-c3cccc(F)c3F)c(N)c2)C(=O)O1. The Bertz CT molecular complexity index is 767. The fraction of sp³-hybridized carbons (Fsp3) is 0.250. The summed E-state index contributed by atoms with van der Waals surface area (Å²) < 4.78 is 32.2. The van der Waals surface area contributed by atoms with E-state index < -0.39 is 17.7 Å². The van der Waals surface area contributed by atoms with Crippen molar-refractivity contribution in [2.75, 3.05) is 12.3 Å². The Hall–Kier alpha value is -2.70. The summed E-state index contributed by atoms with van der Waals surface area (Å²) in [4.78, 5) is 17.3. The van der Waals surface area contributed by atoms with Gasteiger partial charge in [-0.3, -0.25) is 4.98 Å². The fourth-order valence-corrected chi connectivity index (χ4v) is 2.54. The number of benzene rings is 1. The summed E-state index contributed by atoms with van der Waals surface area (Å²) in [6.45, 7) is 2.59. The standard InChI is InChI=1S/C16H15F2N3O2/c1-9-7-21(16(22)23-9)8-10-5-13(19)15(20-6-10)11-3-2-4-12(17)14(11)18/h2-6,9H,7-8,19H2,1H3/t9-/m1/s1. The topological polar surface area (TPSA) is 68.5 Å². The highest BCUT2D eigenvalue weighted by atomic mass is 19.2. The molecule has 1 aliphatic rings. The van der Waals surface area contributed by atoms with Crippen molar-refractivity contribution in [1.82, 2.24) is 9.88 Å². The summed E-state index contributed by atoms with van der Waals surface area (Å²) in [5.74, 6) is -1.95. The van der Waals surface area contributed by atoms with E-state index in [1.165, 1.54) is 23.2 Å². The lowest BCUT2D eigenvalue weighted by Gasteiger charge is -2.14. The molecule has 120 valence electrons. The van der Waals surface area contributed by atoms with Gasteiger partial charge in [-0.1, -0.05) is 6.07 Å². The second-order valence-corrected chi connectivity index (χ2v) is 5.46. The monoisotopic (exact) mass is 319 g/mol. The minimum atomic E-state index is -0.989. The molecule has 1 atom stereocenters. The van der Waals surface area contributed by atoms with Crippen molar-refractivity contribution in [2.24, 2.45) is 0 Å². The highest BCUT2D eigenvalue weighted by Crippen LogP contribution is 2.28. The lowest BCUT2D eigenvalue weighted by atomic mass is 10.1. The van der Waals surface area contributed by atoms with Crippen LogP contribution >= 0.6 is 0 Å². The number of aromatic nitrogens is 1. The van der Waals surface area contributed by atoms with Crippen molar-refractivity contribution in [3.63, 3.8) is 0 Å². The van der Waals surface area contributed by atoms with Crippen LogP contribution in [-0.2, 0) is 11.3 Å². The van der Waals surface area contributed by atoms with Crippen molar-refractivity contribution >= 4 is 11.8 Å². The number of cyclic esters (lactones) is 1. The summed E-state index contributed by atoms with van der Waals surface area (Å²) in [6, 6.07) is 5.44. The molecule has 1 aromatic heterocycles. The number of halogens is 2. The van der Waals surface area contributed by atoms with Gasteiger partial charge in [-0.05, 0) is 30.7 Å². The molecule has 0 spiro atoms. The summed E-state index contributed by atoms with van der Waals surface area (Å²) in [6.07, 6.45) is 0.941. The van der Waals surface area contributed by atoms with Crippen LogP contribution < -0.4 is 5.73 Å². The van der Waals surface area contributed by atoms with Crippen molar-refractivity contribution in [2.45, 2.75) is 19.6 Å². The first-order valence-corrected chi connectivity index (χ1v) is 7.10. The number of nitrogen functional groups attached to an aromatic ring is 1. The maximum atomic E-state index is 13.8. The summed E-state index contributed by atoms with van der Waals surface area (Å²) in [5.41, 5.74) is 7.00. The Balaban J connectivity index is 1.86. The quantitative estimate of drug-likeness (QED) is 0.944. The second kappa shape index (κ2) is 5.83. The van der Waals surface area contributed by atoms with E-state index in [1.54, 1.807) is 13.0 Å². The first kappa shape index (κ1) is 15.2. The van der Waals surface area contributed by atoms with Crippen LogP contribution in [0.5, 0.6) is 0 Å². The number of pyridine rings is 1. The molecule has 23 heavy (non-hydrogen) atoms. The van der Waals surface area contributed by atoms with Crippen LogP contribution in [0.4, 0.5) is 19.3 Å². The Morgan fingerprint density at radius 1 is 1.43 bits per heavy atom. The van der Waals surface area contributed by atoms with Crippen LogP contribution in [0.1, 0.15) is 12.5 Å². The average molecular weight is 319 g/mol. The minimum absolute atomic E-state index is 0.00301. The lowest BCUT2D eigenvalue weighted by Crippen LogP contribution is -2.24. The van der Waals surface area contributed by atoms with Crippen molar-refractivity contribution in [3.8, 4) is 11.3 Å². The van der Waals surface area contributed by atoms with E-state index in [9.17, 15) is 13.6 Å². The predicted octanol–water partition coefficient (Wildman–Crippen LogP) is 2.95. The molecule has 2 heterocycles. The van der Waals surface area contributed by atoms with Crippen molar-refractivity contribution in [3.05, 3.63) is 47.7 Å². The van der Waals surface area contributed by atoms with Crippen LogP contribution in [0.3, 0.4) is 0 Å². The van der Waals surface area contributed by atoms with E-state index in [-0.39, 0.29) is 23.0 Å². The largest absolute Gasteiger partial charge is 0.444 e. The molecule has 0 unspecified atom stereocenters. The van der Waals surface area contributed by atoms with Gasteiger partial charge in [0.05, 0.1) is 24.5 Å². The summed E-state index contributed by atoms with van der Waals surface area (Å²) in [5, 5.41) is 0. The Kier molecular flexibility index (Phi) is 3.85. The molecule has 0 radical (unpaired) electrons. The third kappa shape index (κ3) is 2.94. The van der Waals surface area contributed by atoms with Crippen LogP contribution in [0.25, 0.3) is 11.3 Å². The number of hydrogen-bond acceptors (Lipinski definition) is 4. The van der Waals surface area contributed by atoms with Gasteiger partial charge < -0.3 is 15.4 Å². The molecule has 1 saturated heterocycles. The zero-order valence-corrected chi connectivity index (χ0v) is 12.4. The molecule has 2 N–H and O–H groups in total. The van der Waals surface area contributed by atoms with E-state index in [2.05, 4.69) is 4.98 Å². The molecule has 7 heteroatoms. The minimum Gasteiger partial charge on any atom is -0.444 e. The fourth-order valence-electron chi connectivity index (χ4n) is 2.54. The lowest BCUT2D eigenvalue weighted by molar-refractivity contribution is 0.137. The normalized spacial score (nSPS) is 17.4. The van der Waals surface area contributed by atoms with Gasteiger partial charge in [0.15, 0.2) is 11.6 Å². The number of nitrogens with zero attached hydrogens (tertiary/aromatic N) is 2. The molecule has 2 aromatic rings. The van der Waals surface area contributed by atoms with Gasteiger partial charge in [0, 0.05) is 11.8 Å². The van der Waals surface area contributed by atoms with Crippen molar-refractivity contribution in [1.29, 1.82) is 0 Å². The second-order valence-electron chi connectivity index (χ2n) is 5.46. The smallest absolute Gasteiger partial charge is 0.410 e. The number of ether oxygens (including phenoxy) is 1. The zero-order valence-electron chi connectivity index (χ0n) is 12.4. The Morgan fingerprint density at radius 3 is 2.87 bits per heavy atom. The number of carbonyl (C=O) groups is 1. The molecule has 3 rings (SSSR count). The summed E-state index contributed by atoms with van der Waals surface area (Å²) in [7, 11) is 0. The van der Waals surface area contributed by atoms with E-state index in [4.69, 9.17) is 10.5 Å². The number of anilines is 1. The number of hydrogen-bond donors (Lipinski definition) is 1. The molecule has 1 aromatic carbocycles. The van der Waals surface area contributed by atoms with Crippen LogP contribution in [0.15, 0.2) is 30.5 Å². The van der Waals surface area contributed by atoms with Gasteiger partial charge in [0.2, 0.25) is 0 Å². The Labute approximate surface area is 131 Å². The zero-order chi connectivity index (χ0) is 16.6. The first-order valence-electron chi connectivity index (χ1n) is 7.10. The molecule has 0 saturated carbocycles. The number of amides is 1. The molecule has 1 aliphatic heterocycles. The third-order valence-corrected chi connectivity index (χ3v) is 3.59. The van der Waals surface area contributed by atoms with Gasteiger partial charge in [-0.2, -0.15) is 0 Å². The maximum Gasteiger partial charge on any atom is 0.410 e. The molecular formula is C16H15F2N3O2. The Morgan fingerprint density at radius 2 is 2.22 bits per heavy atom. The van der Waals surface area contributed by atoms with Crippen LogP contribution in [0.2, 0.25) is 0 Å². The summed E-state index contributed by atoms with van der Waals surface area (Å²) >= 11 is 0. The molecule has 1 amide bonds. The van der Waals surface area contributed by atoms with Gasteiger partial charge >= 0.3 is 6.09 Å². The maximum absolute atomic E-state index is 13.8. The molecule has 0 bridgehead atoms. The van der Waals surface area contributed by atoms with E-state index in [1.807, 2.05) is 0 Å². The van der Waals surface area contributed by atoms with Gasteiger partial charge in [-0.25, -0.2) is 13.6 Å². The highest BCUT2D eigenvalue weighted by molar-refractivity contribution is 5.73. The number of rotatable bonds is 3. The first-order chi connectivity index (χ1) is 11.0. The third-order valence-electron chi connectivity index (χ3n) is 3.59. The van der Waals surface area contributed by atoms with Gasteiger partial charge in [0.1, 0.15) is 6.10 Å². The van der Waals surface area contributed by atoms with Crippen LogP contribution in [-0.4, -0.2) is 28.6 Å². The van der Waals surface area contributed by atoms with Crippen LogP contribution in [0, 0.1) is 11.6 Å². The molecule has 5 nitrogen and oxygen atoms in total. The van der Waals surface area contributed by atoms with E-state index >= 15 is 0 Å². The molecule has 0 aliphatic carbocycles. The van der Waals surface area contributed by atoms with E-state index in [0.29, 0.717) is 18.7 Å². The van der Waals surface area contributed by atoms with E-state index in [0.717, 1.165) is 6.07 Å². The van der Waals surface area contributed by atoms with Gasteiger partial charge in [0.25, 0.3) is 0 Å². The van der Waals surface area contributed by atoms with Gasteiger partial charge in [-0.15, -0.1) is 0 Å².